The van der Waals surface area contributed by atoms with Crippen molar-refractivity contribution < 1.29 is 14.3 Å². The summed E-state index contributed by atoms with van der Waals surface area (Å²) >= 11 is 7.72. The zero-order chi connectivity index (χ0) is 22.8. The summed E-state index contributed by atoms with van der Waals surface area (Å²) in [6.45, 7) is 0. The molecule has 0 spiro atoms. The van der Waals surface area contributed by atoms with Gasteiger partial charge in [0, 0.05) is 16.3 Å². The molecule has 0 radical (unpaired) electrons. The zero-order valence-electron chi connectivity index (χ0n) is 17.6. The summed E-state index contributed by atoms with van der Waals surface area (Å²) in [6.07, 6.45) is 1.75. The first kappa shape index (κ1) is 21.2. The van der Waals surface area contributed by atoms with Crippen LogP contribution in [0.4, 0.5) is 5.69 Å². The molecule has 4 nitrogen and oxygen atoms in total. The maximum absolute atomic E-state index is 12.8. The molecule has 33 heavy (non-hydrogen) atoms. The van der Waals surface area contributed by atoms with Crippen LogP contribution in [-0.4, -0.2) is 19.3 Å². The van der Waals surface area contributed by atoms with Crippen LogP contribution >= 0.6 is 22.9 Å². The average Bonchev–Trinajstić information content (AvgIpc) is 3.20. The van der Waals surface area contributed by atoms with Gasteiger partial charge in [0.1, 0.15) is 4.88 Å². The molecule has 0 aliphatic rings. The standard InChI is InChI=1S/C27H18ClNO3S/c1-31-23-14-17(16-29-20-12-11-18-6-2-3-7-19(18)15-20)10-13-22(23)32-27(30)26-25(28)21-8-4-5-9-24(21)33-26/h2-16H,1H3. The SMILES string of the molecule is COc1cc(C=Nc2ccc3ccccc3c2)ccc1OC(=O)c1sc2ccccc2c1Cl. The molecule has 0 N–H and O–H groups in total. The second-order valence-electron chi connectivity index (χ2n) is 7.33. The lowest BCUT2D eigenvalue weighted by molar-refractivity contribution is 0.0735. The van der Waals surface area contributed by atoms with Gasteiger partial charge in [0.15, 0.2) is 11.5 Å². The van der Waals surface area contributed by atoms with Crippen molar-refractivity contribution >= 4 is 61.7 Å². The molecule has 0 bridgehead atoms. The fourth-order valence-electron chi connectivity index (χ4n) is 3.55. The third-order valence-corrected chi connectivity index (χ3v) is 6.86. The number of fused-ring (bicyclic) bond motifs is 2. The molecule has 0 aliphatic heterocycles. The van der Waals surface area contributed by atoms with Gasteiger partial charge in [-0.25, -0.2) is 4.79 Å². The number of carbonyl (C=O) groups is 1. The number of thiophene rings is 1. The molecule has 5 aromatic rings. The van der Waals surface area contributed by atoms with Crippen LogP contribution in [0.25, 0.3) is 20.9 Å². The Morgan fingerprint density at radius 2 is 1.70 bits per heavy atom. The normalized spacial score (nSPS) is 11.3. The maximum Gasteiger partial charge on any atom is 0.355 e. The summed E-state index contributed by atoms with van der Waals surface area (Å²) in [4.78, 5) is 17.7. The highest BCUT2D eigenvalue weighted by molar-refractivity contribution is 7.21. The van der Waals surface area contributed by atoms with E-state index in [1.54, 1.807) is 18.3 Å². The van der Waals surface area contributed by atoms with Gasteiger partial charge in [-0.1, -0.05) is 60.1 Å². The van der Waals surface area contributed by atoms with Crippen molar-refractivity contribution in [3.63, 3.8) is 0 Å². The predicted octanol–water partition coefficient (Wildman–Crippen LogP) is 7.69. The molecule has 0 amide bonds. The second kappa shape index (κ2) is 9.06. The third kappa shape index (κ3) is 4.33. The molecule has 4 aromatic carbocycles. The number of esters is 1. The molecule has 0 unspecified atom stereocenters. The molecule has 1 heterocycles. The fourth-order valence-corrected chi connectivity index (χ4v) is 4.93. The van der Waals surface area contributed by atoms with E-state index in [2.05, 4.69) is 17.1 Å². The topological polar surface area (TPSA) is 47.9 Å². The summed E-state index contributed by atoms with van der Waals surface area (Å²) < 4.78 is 12.0. The van der Waals surface area contributed by atoms with Crippen LogP contribution in [0, 0.1) is 0 Å². The van der Waals surface area contributed by atoms with Crippen LogP contribution < -0.4 is 9.47 Å². The first-order valence-electron chi connectivity index (χ1n) is 10.2. The van der Waals surface area contributed by atoms with Crippen molar-refractivity contribution in [2.45, 2.75) is 0 Å². The first-order chi connectivity index (χ1) is 16.1. The van der Waals surface area contributed by atoms with Crippen molar-refractivity contribution in [3.05, 3.63) is 100 Å². The van der Waals surface area contributed by atoms with Crippen molar-refractivity contribution in [2.75, 3.05) is 7.11 Å². The summed E-state index contributed by atoms with van der Waals surface area (Å²) in [5.74, 6) is 0.235. The number of halogens is 1. The van der Waals surface area contributed by atoms with E-state index < -0.39 is 5.97 Å². The minimum atomic E-state index is -0.517. The monoisotopic (exact) mass is 471 g/mol. The Balaban J connectivity index is 1.37. The van der Waals surface area contributed by atoms with Crippen LogP contribution in [0.5, 0.6) is 11.5 Å². The number of nitrogens with zero attached hydrogens (tertiary/aromatic N) is 1. The van der Waals surface area contributed by atoms with E-state index in [4.69, 9.17) is 21.1 Å². The van der Waals surface area contributed by atoms with Gasteiger partial charge in [0.2, 0.25) is 0 Å². The minimum Gasteiger partial charge on any atom is -0.493 e. The number of ether oxygens (including phenoxy) is 2. The number of hydrogen-bond donors (Lipinski definition) is 0. The van der Waals surface area contributed by atoms with Crippen LogP contribution in [0.2, 0.25) is 5.02 Å². The molecule has 162 valence electrons. The number of benzene rings is 4. The average molecular weight is 472 g/mol. The van der Waals surface area contributed by atoms with E-state index in [1.807, 2.05) is 60.7 Å². The van der Waals surface area contributed by atoms with Crippen molar-refractivity contribution in [1.82, 2.24) is 0 Å². The highest BCUT2D eigenvalue weighted by Crippen LogP contribution is 2.37. The van der Waals surface area contributed by atoms with Gasteiger partial charge in [0.25, 0.3) is 0 Å². The van der Waals surface area contributed by atoms with E-state index in [9.17, 15) is 4.79 Å². The van der Waals surface area contributed by atoms with E-state index in [1.165, 1.54) is 23.8 Å². The molecule has 6 heteroatoms. The molecule has 0 saturated heterocycles. The second-order valence-corrected chi connectivity index (χ2v) is 8.76. The lowest BCUT2D eigenvalue weighted by atomic mass is 10.1. The van der Waals surface area contributed by atoms with Gasteiger partial charge in [0.05, 0.1) is 17.8 Å². The van der Waals surface area contributed by atoms with E-state index >= 15 is 0 Å². The molecular weight excluding hydrogens is 454 g/mol. The van der Waals surface area contributed by atoms with E-state index in [-0.39, 0.29) is 0 Å². The van der Waals surface area contributed by atoms with Crippen LogP contribution in [0.15, 0.2) is 89.9 Å². The highest BCUT2D eigenvalue weighted by Gasteiger charge is 2.20. The van der Waals surface area contributed by atoms with Gasteiger partial charge in [-0.3, -0.25) is 4.99 Å². The highest BCUT2D eigenvalue weighted by atomic mass is 35.5. The third-order valence-electron chi connectivity index (χ3n) is 5.21. The predicted molar refractivity (Wildman–Crippen MR) is 136 cm³/mol. The van der Waals surface area contributed by atoms with Gasteiger partial charge >= 0.3 is 5.97 Å². The zero-order valence-corrected chi connectivity index (χ0v) is 19.2. The molecule has 0 atom stereocenters. The summed E-state index contributed by atoms with van der Waals surface area (Å²) in [5.41, 5.74) is 1.67. The Hall–Kier alpha value is -3.67. The van der Waals surface area contributed by atoms with E-state index in [0.29, 0.717) is 21.4 Å². The Morgan fingerprint density at radius 1 is 0.909 bits per heavy atom. The summed E-state index contributed by atoms with van der Waals surface area (Å²) in [5, 5.41) is 3.54. The minimum absolute atomic E-state index is 0.318. The van der Waals surface area contributed by atoms with Gasteiger partial charge in [-0.15, -0.1) is 11.3 Å². The summed E-state index contributed by atoms with van der Waals surface area (Å²) in [7, 11) is 1.53. The smallest absolute Gasteiger partial charge is 0.355 e. The van der Waals surface area contributed by atoms with Crippen LogP contribution in [-0.2, 0) is 0 Å². The Kier molecular flexibility index (Phi) is 5.82. The molecule has 0 saturated carbocycles. The number of hydrogen-bond acceptors (Lipinski definition) is 5. The molecular formula is C27H18ClNO3S. The summed E-state index contributed by atoms with van der Waals surface area (Å²) in [6, 6.07) is 27.1. The van der Waals surface area contributed by atoms with Gasteiger partial charge in [-0.2, -0.15) is 0 Å². The molecule has 1 aromatic heterocycles. The quantitative estimate of drug-likeness (QED) is 0.150. The van der Waals surface area contributed by atoms with Crippen LogP contribution in [0.1, 0.15) is 15.2 Å². The Labute approximate surface area is 199 Å². The number of aliphatic imine (C=N–C) groups is 1. The first-order valence-corrected chi connectivity index (χ1v) is 11.4. The number of rotatable bonds is 5. The van der Waals surface area contributed by atoms with Crippen LogP contribution in [0.3, 0.4) is 0 Å². The molecule has 0 fully saturated rings. The van der Waals surface area contributed by atoms with Crippen molar-refractivity contribution in [3.8, 4) is 11.5 Å². The van der Waals surface area contributed by atoms with E-state index in [0.717, 1.165) is 26.7 Å². The van der Waals surface area contributed by atoms with Gasteiger partial charge in [-0.05, 0) is 52.7 Å². The van der Waals surface area contributed by atoms with Crippen molar-refractivity contribution in [2.24, 2.45) is 4.99 Å². The van der Waals surface area contributed by atoms with Gasteiger partial charge < -0.3 is 9.47 Å². The fraction of sp³-hybridized carbons (Fsp3) is 0.0370. The molecule has 5 rings (SSSR count). The number of methoxy groups -OCH3 is 1. The van der Waals surface area contributed by atoms with Crippen molar-refractivity contribution in [1.29, 1.82) is 0 Å². The Morgan fingerprint density at radius 3 is 2.52 bits per heavy atom. The lowest BCUT2D eigenvalue weighted by Gasteiger charge is -2.09. The lowest BCUT2D eigenvalue weighted by Crippen LogP contribution is -2.08. The Bertz CT molecular complexity index is 1520. The maximum atomic E-state index is 12.8. The number of carbonyl (C=O) groups excluding carboxylic acids is 1. The largest absolute Gasteiger partial charge is 0.493 e. The molecule has 0 aliphatic carbocycles.